The topological polar surface area (TPSA) is 96.0 Å². The van der Waals surface area contributed by atoms with Crippen LogP contribution in [0.5, 0.6) is 0 Å². The Kier molecular flexibility index (Phi) is 11.6. The van der Waals surface area contributed by atoms with Gasteiger partial charge in [0.2, 0.25) is 0 Å². The highest BCUT2D eigenvalue weighted by Crippen LogP contribution is 2.10. The fraction of sp³-hybridized carbons (Fsp3) is 0.733. The van der Waals surface area contributed by atoms with E-state index in [1.54, 1.807) is 13.8 Å². The summed E-state index contributed by atoms with van der Waals surface area (Å²) in [5, 5.41) is 0.122. The first-order valence-electron chi connectivity index (χ1n) is 7.78. The minimum absolute atomic E-state index is 0.0611. The molecule has 130 valence electrons. The van der Waals surface area contributed by atoms with Crippen LogP contribution >= 0.6 is 0 Å². The third kappa shape index (κ3) is 11.9. The first-order chi connectivity index (χ1) is 10.8. The van der Waals surface area contributed by atoms with E-state index in [1.165, 1.54) is 0 Å². The molecule has 0 amide bonds. The van der Waals surface area contributed by atoms with Gasteiger partial charge in [-0.2, -0.15) is 0 Å². The van der Waals surface area contributed by atoms with E-state index in [9.17, 15) is 19.2 Å². The second-order valence-corrected chi connectivity index (χ2v) is 7.59. The van der Waals surface area contributed by atoms with E-state index in [-0.39, 0.29) is 54.3 Å². The van der Waals surface area contributed by atoms with Crippen molar-refractivity contribution in [2.45, 2.75) is 57.2 Å². The summed E-state index contributed by atoms with van der Waals surface area (Å²) in [5.41, 5.74) is 0. The molecule has 0 unspecified atom stereocenters. The van der Waals surface area contributed by atoms with Gasteiger partial charge in [0.1, 0.15) is 24.4 Å². The zero-order valence-electron chi connectivity index (χ0n) is 14.3. The summed E-state index contributed by atoms with van der Waals surface area (Å²) in [4.78, 5) is 46.4. The van der Waals surface area contributed by atoms with Gasteiger partial charge in [-0.15, -0.1) is 0 Å². The molecule has 0 saturated carbocycles. The first-order valence-corrected chi connectivity index (χ1v) is 9.88. The van der Waals surface area contributed by atoms with Crippen molar-refractivity contribution in [3.05, 3.63) is 0 Å². The number of hydrogen-bond acceptors (Lipinski definition) is 7. The summed E-state index contributed by atoms with van der Waals surface area (Å²) in [7, 11) is 0. The van der Waals surface area contributed by atoms with E-state index in [4.69, 9.17) is 13.3 Å². The van der Waals surface area contributed by atoms with E-state index < -0.39 is 26.4 Å². The molecule has 0 radical (unpaired) electrons. The largest absolute Gasteiger partial charge is 0.498 e. The molecule has 0 atom stereocenters. The summed E-state index contributed by atoms with van der Waals surface area (Å²) in [6.45, 7) is 7.38. The zero-order chi connectivity index (χ0) is 17.8. The Bertz CT molecular complexity index is 386. The average molecular weight is 344 g/mol. The van der Waals surface area contributed by atoms with Crippen LogP contribution in [0, 0.1) is 0 Å². The fourth-order valence-corrected chi connectivity index (χ4v) is 4.36. The Morgan fingerprint density at radius 1 is 0.826 bits per heavy atom. The van der Waals surface area contributed by atoms with Crippen LogP contribution in [-0.4, -0.2) is 57.3 Å². The van der Waals surface area contributed by atoms with Crippen molar-refractivity contribution in [3.63, 3.8) is 0 Å². The number of Topliss-reactive ketones (excluding diaryl/α,β-unsaturated/α-hetero) is 2. The summed E-state index contributed by atoms with van der Waals surface area (Å²) in [6, 6.07) is 0. The van der Waals surface area contributed by atoms with Crippen molar-refractivity contribution in [3.8, 4) is 0 Å². The first kappa shape index (κ1) is 21.8. The third-order valence-electron chi connectivity index (χ3n) is 2.67. The fourth-order valence-electron chi connectivity index (χ4n) is 1.95. The van der Waals surface area contributed by atoms with Crippen molar-refractivity contribution < 1.29 is 32.4 Å². The summed E-state index contributed by atoms with van der Waals surface area (Å²) >= 11 is -2.18. The molecule has 0 aliphatic rings. The molecule has 0 aliphatic carbocycles. The molecule has 0 aromatic carbocycles. The number of carbonyl (C=O) groups is 4. The Balaban J connectivity index is 4.51. The van der Waals surface area contributed by atoms with Crippen LogP contribution < -0.4 is 0 Å². The number of ether oxygens (including phenoxy) is 2. The molecule has 0 rings (SSSR count). The normalized spacial score (nSPS) is 10.3. The minimum Gasteiger partial charge on any atom is -0.498 e. The molecule has 0 N–H and O–H groups in total. The lowest BCUT2D eigenvalue weighted by atomic mass is 10.3. The molecule has 0 saturated heterocycles. The van der Waals surface area contributed by atoms with E-state index in [2.05, 4.69) is 0 Å². The molecular formula is C15H25AlO7. The van der Waals surface area contributed by atoms with Crippen LogP contribution in [0.2, 0.25) is 10.6 Å². The van der Waals surface area contributed by atoms with Crippen LogP contribution in [-0.2, 0) is 32.4 Å². The van der Waals surface area contributed by atoms with Gasteiger partial charge in [0.15, 0.2) is 0 Å². The number of esters is 2. The maximum Gasteiger partial charge on any atom is 0.476 e. The van der Waals surface area contributed by atoms with Crippen molar-refractivity contribution in [2.75, 3.05) is 13.2 Å². The molecule has 8 heteroatoms. The van der Waals surface area contributed by atoms with E-state index in [1.807, 2.05) is 13.8 Å². The van der Waals surface area contributed by atoms with Gasteiger partial charge < -0.3 is 22.9 Å². The van der Waals surface area contributed by atoms with Gasteiger partial charge in [-0.05, 0) is 38.3 Å². The Hall–Kier alpha value is -1.23. The average Bonchev–Trinajstić information content (AvgIpc) is 2.37. The van der Waals surface area contributed by atoms with Gasteiger partial charge in [0.25, 0.3) is 0 Å². The summed E-state index contributed by atoms with van der Waals surface area (Å²) in [5.74, 6) is -1.75. The van der Waals surface area contributed by atoms with Gasteiger partial charge in [0.05, 0.1) is 13.2 Å². The smallest absolute Gasteiger partial charge is 0.476 e. The molecule has 0 aromatic rings. The van der Waals surface area contributed by atoms with Gasteiger partial charge in [-0.1, -0.05) is 0 Å². The van der Waals surface area contributed by atoms with Gasteiger partial charge in [0, 0.05) is 6.10 Å². The number of ketones is 2. The maximum absolute atomic E-state index is 11.9. The highest BCUT2D eigenvalue weighted by Gasteiger charge is 2.30. The molecular weight excluding hydrogens is 319 g/mol. The van der Waals surface area contributed by atoms with Crippen molar-refractivity contribution in [2.24, 2.45) is 0 Å². The van der Waals surface area contributed by atoms with Crippen LogP contribution in [0.1, 0.15) is 40.5 Å². The minimum atomic E-state index is -2.18. The van der Waals surface area contributed by atoms with E-state index in [0.29, 0.717) is 0 Å². The van der Waals surface area contributed by atoms with Crippen molar-refractivity contribution >= 4 is 38.0 Å². The Morgan fingerprint density at radius 3 is 1.52 bits per heavy atom. The third-order valence-corrected chi connectivity index (χ3v) is 5.42. The molecule has 0 aliphatic heterocycles. The van der Waals surface area contributed by atoms with E-state index >= 15 is 0 Å². The van der Waals surface area contributed by atoms with E-state index in [0.717, 1.165) is 0 Å². The van der Waals surface area contributed by atoms with Crippen LogP contribution in [0.25, 0.3) is 0 Å². The van der Waals surface area contributed by atoms with Gasteiger partial charge in [-0.25, -0.2) is 0 Å². The maximum atomic E-state index is 11.9. The quantitative estimate of drug-likeness (QED) is 0.300. The highest BCUT2D eigenvalue weighted by atomic mass is 27.2. The molecule has 0 aromatic heterocycles. The molecule has 0 spiro atoms. The number of rotatable bonds is 12. The number of hydrogen-bond donors (Lipinski definition) is 0. The lowest BCUT2D eigenvalue weighted by Crippen LogP contribution is -2.29. The molecule has 0 heterocycles. The molecule has 0 fully saturated rings. The standard InChI is InChI=1S/2C6H9O3.C3H7O.Al/c2*1-3-9-6(8)4-5(2)7;1-3(2)4;/h2*2-4H2,1H3;3H,1-2H3;/q;;-1;+1. The predicted octanol–water partition coefficient (Wildman–Crippen LogP) is 1.45. The summed E-state index contributed by atoms with van der Waals surface area (Å²) in [6.07, 6.45) is -0.757. The zero-order valence-corrected chi connectivity index (χ0v) is 15.4. The van der Waals surface area contributed by atoms with Crippen LogP contribution in [0.15, 0.2) is 0 Å². The Labute approximate surface area is 141 Å². The molecule has 7 nitrogen and oxygen atoms in total. The van der Waals surface area contributed by atoms with Crippen LogP contribution in [0.4, 0.5) is 0 Å². The Morgan fingerprint density at radius 2 is 1.22 bits per heavy atom. The van der Waals surface area contributed by atoms with Crippen molar-refractivity contribution in [1.29, 1.82) is 0 Å². The lowest BCUT2D eigenvalue weighted by Gasteiger charge is -2.15. The SMILES string of the molecule is CCOC(=O)CC(=O)[CH2][Al]([CH2]C(=O)CC(=O)OCC)[O]C(C)C. The predicted molar refractivity (Wildman–Crippen MR) is 84.1 cm³/mol. The van der Waals surface area contributed by atoms with Gasteiger partial charge >= 0.3 is 26.4 Å². The van der Waals surface area contributed by atoms with Crippen molar-refractivity contribution in [1.82, 2.24) is 0 Å². The highest BCUT2D eigenvalue weighted by molar-refractivity contribution is 6.60. The second kappa shape index (κ2) is 12.2. The van der Waals surface area contributed by atoms with Crippen LogP contribution in [0.3, 0.4) is 0 Å². The molecule has 23 heavy (non-hydrogen) atoms. The second-order valence-electron chi connectivity index (χ2n) is 5.26. The monoisotopic (exact) mass is 344 g/mol. The lowest BCUT2D eigenvalue weighted by molar-refractivity contribution is -0.146. The number of carbonyl (C=O) groups excluding carboxylic acids is 4. The van der Waals surface area contributed by atoms with Gasteiger partial charge in [-0.3, -0.25) is 9.59 Å². The molecule has 0 bridgehead atoms. The summed E-state index contributed by atoms with van der Waals surface area (Å²) < 4.78 is 15.1.